The van der Waals surface area contributed by atoms with Crippen LogP contribution in [0.2, 0.25) is 0 Å². The maximum Gasteiger partial charge on any atom is 0.352 e. The number of thiophene rings is 1. The summed E-state index contributed by atoms with van der Waals surface area (Å²) in [5.74, 6) is -1.47. The first kappa shape index (κ1) is 22.2. The van der Waals surface area contributed by atoms with E-state index in [9.17, 15) is 24.0 Å². The monoisotopic (exact) mass is 495 g/mol. The van der Waals surface area contributed by atoms with Gasteiger partial charge < -0.3 is 15.0 Å². The topological polar surface area (TPSA) is 123 Å². The van der Waals surface area contributed by atoms with Crippen molar-refractivity contribution in [1.82, 2.24) is 15.2 Å². The fraction of sp³-hybridized carbons (Fsp3) is 0.263. The molecule has 2 amide bonds. The lowest BCUT2D eigenvalue weighted by molar-refractivity contribution is -0.150. The van der Waals surface area contributed by atoms with Crippen molar-refractivity contribution in [3.8, 4) is 0 Å². The van der Waals surface area contributed by atoms with Crippen molar-refractivity contribution < 1.29 is 24.0 Å². The van der Waals surface area contributed by atoms with Gasteiger partial charge in [0, 0.05) is 46.0 Å². The van der Waals surface area contributed by atoms with E-state index in [1.54, 1.807) is 29.9 Å². The van der Waals surface area contributed by atoms with E-state index < -0.39 is 40.4 Å². The molecule has 3 atom stereocenters. The number of carboxylic acids is 1. The SMILES string of the molecule is O=C(C[S+]([O-])c1cccs1)NC1C(=O)N2C(C(=O)O)=C(CSc3ccncc3)CS[C@@H]12. The minimum atomic E-state index is -1.47. The highest BCUT2D eigenvalue weighted by Gasteiger charge is 2.54. The van der Waals surface area contributed by atoms with E-state index in [1.807, 2.05) is 12.1 Å². The third-order valence-electron chi connectivity index (χ3n) is 4.61. The number of nitrogens with zero attached hydrogens (tertiary/aromatic N) is 2. The molecule has 2 aliphatic rings. The molecule has 2 aromatic heterocycles. The number of amides is 2. The summed E-state index contributed by atoms with van der Waals surface area (Å²) in [7, 11) is 0. The average Bonchev–Trinajstić information content (AvgIpc) is 3.31. The van der Waals surface area contributed by atoms with Gasteiger partial charge in [-0.05, 0) is 29.2 Å². The molecule has 31 heavy (non-hydrogen) atoms. The number of aliphatic carboxylic acids is 1. The van der Waals surface area contributed by atoms with Gasteiger partial charge in [0.25, 0.3) is 11.8 Å². The zero-order chi connectivity index (χ0) is 22.0. The van der Waals surface area contributed by atoms with Crippen molar-refractivity contribution in [2.75, 3.05) is 17.3 Å². The van der Waals surface area contributed by atoms with Crippen molar-refractivity contribution in [2.45, 2.75) is 20.5 Å². The Balaban J connectivity index is 1.41. The molecule has 0 radical (unpaired) electrons. The normalized spacial score (nSPS) is 21.3. The number of carbonyl (C=O) groups excluding carboxylic acids is 2. The van der Waals surface area contributed by atoms with E-state index >= 15 is 0 Å². The lowest BCUT2D eigenvalue weighted by Crippen LogP contribution is -2.70. The van der Waals surface area contributed by atoms with Crippen LogP contribution in [0.5, 0.6) is 0 Å². The number of hydrogen-bond donors (Lipinski definition) is 2. The van der Waals surface area contributed by atoms with Crippen molar-refractivity contribution >= 4 is 63.8 Å². The van der Waals surface area contributed by atoms with Crippen LogP contribution in [-0.2, 0) is 25.6 Å². The fourth-order valence-corrected chi connectivity index (χ4v) is 7.48. The number of hydrogen-bond acceptors (Lipinski definition) is 8. The summed E-state index contributed by atoms with van der Waals surface area (Å²) >= 11 is 2.72. The molecule has 2 unspecified atom stereocenters. The number of thioether (sulfide) groups is 2. The molecule has 162 valence electrons. The highest BCUT2D eigenvalue weighted by Crippen LogP contribution is 2.41. The van der Waals surface area contributed by atoms with Gasteiger partial charge in [-0.2, -0.15) is 0 Å². The molecule has 12 heteroatoms. The first-order chi connectivity index (χ1) is 15.0. The Labute approximate surface area is 193 Å². The molecule has 4 heterocycles. The minimum absolute atomic E-state index is 0.0111. The van der Waals surface area contributed by atoms with Crippen LogP contribution in [0.1, 0.15) is 0 Å². The van der Waals surface area contributed by atoms with Gasteiger partial charge in [-0.15, -0.1) is 23.5 Å². The quantitative estimate of drug-likeness (QED) is 0.323. The van der Waals surface area contributed by atoms with Crippen LogP contribution in [-0.4, -0.2) is 66.0 Å². The number of rotatable bonds is 8. The molecule has 4 rings (SSSR count). The van der Waals surface area contributed by atoms with E-state index in [-0.39, 0.29) is 11.4 Å². The number of nitrogens with one attached hydrogen (secondary N) is 1. The van der Waals surface area contributed by atoms with Gasteiger partial charge in [0.2, 0.25) is 4.21 Å². The number of pyridine rings is 1. The fourth-order valence-electron chi connectivity index (χ4n) is 3.20. The molecule has 0 spiro atoms. The number of carboxylic acid groups (broad SMARTS) is 1. The summed E-state index contributed by atoms with van der Waals surface area (Å²) in [6, 6.07) is 6.31. The van der Waals surface area contributed by atoms with Gasteiger partial charge in [-0.25, -0.2) is 4.79 Å². The van der Waals surface area contributed by atoms with Crippen LogP contribution in [0.25, 0.3) is 0 Å². The third kappa shape index (κ3) is 4.77. The Hall–Kier alpha value is -1.99. The lowest BCUT2D eigenvalue weighted by Gasteiger charge is -2.49. The zero-order valence-corrected chi connectivity index (χ0v) is 19.2. The second-order valence-electron chi connectivity index (χ2n) is 6.61. The van der Waals surface area contributed by atoms with E-state index in [0.29, 0.717) is 21.3 Å². The Morgan fingerprint density at radius 3 is 2.81 bits per heavy atom. The van der Waals surface area contributed by atoms with E-state index in [0.717, 1.165) is 4.90 Å². The van der Waals surface area contributed by atoms with Gasteiger partial charge in [-0.3, -0.25) is 19.5 Å². The second-order valence-corrected chi connectivity index (χ2v) is 11.4. The number of aromatic nitrogens is 1. The zero-order valence-electron chi connectivity index (χ0n) is 15.9. The summed E-state index contributed by atoms with van der Waals surface area (Å²) in [6.07, 6.45) is 3.33. The van der Waals surface area contributed by atoms with Crippen molar-refractivity contribution in [3.63, 3.8) is 0 Å². The van der Waals surface area contributed by atoms with Crippen LogP contribution < -0.4 is 5.32 Å². The number of fused-ring (bicyclic) bond motifs is 1. The molecule has 2 aliphatic heterocycles. The number of carbonyl (C=O) groups is 3. The molecular formula is C19H17N3O5S4. The number of β-lactam (4-membered cyclic amide) rings is 1. The van der Waals surface area contributed by atoms with Crippen LogP contribution in [0.4, 0.5) is 0 Å². The summed E-state index contributed by atoms with van der Waals surface area (Å²) in [4.78, 5) is 43.1. The smallest absolute Gasteiger partial charge is 0.352 e. The molecule has 0 saturated carbocycles. The van der Waals surface area contributed by atoms with E-state index in [1.165, 1.54) is 39.8 Å². The summed E-state index contributed by atoms with van der Waals surface area (Å²) in [5.41, 5.74) is 0.649. The maximum absolute atomic E-state index is 12.7. The Bertz CT molecular complexity index is 1010. The van der Waals surface area contributed by atoms with Gasteiger partial charge >= 0.3 is 5.97 Å². The largest absolute Gasteiger partial charge is 0.610 e. The molecule has 1 fully saturated rings. The van der Waals surface area contributed by atoms with Gasteiger partial charge in [-0.1, -0.05) is 11.3 Å². The molecule has 2 aromatic rings. The second kappa shape index (κ2) is 9.65. The molecule has 2 N–H and O–H groups in total. The summed E-state index contributed by atoms with van der Waals surface area (Å²) < 4.78 is 12.8. The molecule has 0 aromatic carbocycles. The van der Waals surface area contributed by atoms with E-state index in [2.05, 4.69) is 10.3 Å². The van der Waals surface area contributed by atoms with Crippen LogP contribution >= 0.6 is 34.9 Å². The van der Waals surface area contributed by atoms with Crippen molar-refractivity contribution in [3.05, 3.63) is 53.3 Å². The first-order valence-corrected chi connectivity index (χ1v) is 13.3. The Kier molecular flexibility index (Phi) is 6.92. The highest BCUT2D eigenvalue weighted by atomic mass is 32.2. The Morgan fingerprint density at radius 1 is 1.35 bits per heavy atom. The lowest BCUT2D eigenvalue weighted by atomic mass is 10.0. The summed E-state index contributed by atoms with van der Waals surface area (Å²) in [5, 5.41) is 13.7. The summed E-state index contributed by atoms with van der Waals surface area (Å²) in [6.45, 7) is 0. The molecular weight excluding hydrogens is 478 g/mol. The van der Waals surface area contributed by atoms with Gasteiger partial charge in [0.15, 0.2) is 5.75 Å². The van der Waals surface area contributed by atoms with Gasteiger partial charge in [0.05, 0.1) is 0 Å². The van der Waals surface area contributed by atoms with Crippen molar-refractivity contribution in [2.24, 2.45) is 0 Å². The van der Waals surface area contributed by atoms with Crippen LogP contribution in [0, 0.1) is 0 Å². The molecule has 0 aliphatic carbocycles. The minimum Gasteiger partial charge on any atom is -0.610 e. The predicted octanol–water partition coefficient (Wildman–Crippen LogP) is 1.78. The predicted molar refractivity (Wildman–Crippen MR) is 120 cm³/mol. The first-order valence-electron chi connectivity index (χ1n) is 9.09. The maximum atomic E-state index is 12.7. The molecule has 8 nitrogen and oxygen atoms in total. The standard InChI is InChI=1S/C19H17N3O5S4/c23-13(10-31(27)14-2-1-7-28-14)21-15-17(24)22-16(19(25)26)11(9-30-18(15)22)8-29-12-3-5-20-6-4-12/h1-7,15,18H,8-10H2,(H,21,23)(H,25,26)/t15?,18-,31?/m0/s1. The molecule has 1 saturated heterocycles. The van der Waals surface area contributed by atoms with Crippen LogP contribution in [0.3, 0.4) is 0 Å². The Morgan fingerprint density at radius 2 is 2.13 bits per heavy atom. The van der Waals surface area contributed by atoms with Crippen LogP contribution in [0.15, 0.2) is 62.4 Å². The van der Waals surface area contributed by atoms with Crippen molar-refractivity contribution in [1.29, 1.82) is 0 Å². The van der Waals surface area contributed by atoms with Gasteiger partial charge in [0.1, 0.15) is 17.1 Å². The van der Waals surface area contributed by atoms with E-state index in [4.69, 9.17) is 0 Å². The highest BCUT2D eigenvalue weighted by molar-refractivity contribution is 8.01. The molecule has 0 bridgehead atoms. The average molecular weight is 496 g/mol. The third-order valence-corrected chi connectivity index (χ3v) is 9.67.